The number of hydrogen-bond acceptors (Lipinski definition) is 1. The Bertz CT molecular complexity index is 4500. The Labute approximate surface area is 352 Å². The van der Waals surface area contributed by atoms with Crippen LogP contribution < -0.4 is 0 Å². The van der Waals surface area contributed by atoms with Gasteiger partial charge in [0.25, 0.3) is 0 Å². The number of rotatable bonds is 5. The molecule has 0 atom stereocenters. The van der Waals surface area contributed by atoms with E-state index < -0.39 is 95.7 Å². The third-order valence-electron chi connectivity index (χ3n) is 10.4. The van der Waals surface area contributed by atoms with Crippen molar-refractivity contribution in [3.05, 3.63) is 206 Å². The van der Waals surface area contributed by atoms with Gasteiger partial charge in [0.05, 0.1) is 56.7 Å². The molecule has 3 heterocycles. The van der Waals surface area contributed by atoms with Gasteiger partial charge in [0.15, 0.2) is 0 Å². The van der Waals surface area contributed by atoms with Crippen molar-refractivity contribution in [1.29, 1.82) is 0 Å². The molecule has 266 valence electrons. The number of benzene rings is 9. The van der Waals surface area contributed by atoms with E-state index in [0.29, 0.717) is 38.9 Å². The smallest absolute Gasteiger partial charge is 0.145 e. The molecule has 0 aliphatic carbocycles. The number of fused-ring (bicyclic) bond motifs is 9. The zero-order chi connectivity index (χ0) is 52.2. The Kier molecular flexibility index (Phi) is 4.22. The Morgan fingerprint density at radius 1 is 0.368 bits per heavy atom. The van der Waals surface area contributed by atoms with Crippen LogP contribution in [-0.4, -0.2) is 9.13 Å². The standard InChI is InChI=1S/C54H34N2O/c1-3-15-35(16-4-1)39-19-7-11-23-46(39)55-47-24-12-8-20-40(47)44-33-37(27-30-49(44)55)38-28-31-50-45(34-38)41-21-9-13-25-48(41)56(50)51-32-29-43-42-22-10-14-26-52(42)57-54(43)53(51)36-17-5-2-6-18-36/h1-34H/i1D,8D,9D,12D,13D,20D,21D,22D,24D,25D,27D,28D,29D,30D,31D,33D,34D. The van der Waals surface area contributed by atoms with Crippen molar-refractivity contribution in [3.8, 4) is 44.8 Å². The van der Waals surface area contributed by atoms with Crippen LogP contribution in [0.25, 0.3) is 110 Å². The zero-order valence-electron chi connectivity index (χ0n) is 46.6. The molecule has 0 fully saturated rings. The lowest BCUT2D eigenvalue weighted by Crippen LogP contribution is -1.97. The maximum Gasteiger partial charge on any atom is 0.145 e. The lowest BCUT2D eigenvalue weighted by molar-refractivity contribution is 0.670. The number of para-hydroxylation sites is 4. The predicted molar refractivity (Wildman–Crippen MR) is 239 cm³/mol. The van der Waals surface area contributed by atoms with Gasteiger partial charge >= 0.3 is 0 Å². The van der Waals surface area contributed by atoms with E-state index in [1.807, 2.05) is 0 Å². The molecule has 3 aromatic heterocycles. The van der Waals surface area contributed by atoms with Gasteiger partial charge in [-0.05, 0) is 82.7 Å². The topological polar surface area (TPSA) is 23.0 Å². The van der Waals surface area contributed by atoms with Gasteiger partial charge in [0.1, 0.15) is 11.2 Å². The fourth-order valence-electron chi connectivity index (χ4n) is 7.92. The average Bonchev–Trinajstić information content (AvgIpc) is 4.12. The highest BCUT2D eigenvalue weighted by Gasteiger charge is 2.22. The van der Waals surface area contributed by atoms with E-state index >= 15 is 0 Å². The van der Waals surface area contributed by atoms with E-state index in [1.165, 1.54) is 15.2 Å². The van der Waals surface area contributed by atoms with E-state index in [9.17, 15) is 15.1 Å². The van der Waals surface area contributed by atoms with Gasteiger partial charge in [0, 0.05) is 43.4 Å². The molecule has 0 unspecified atom stereocenters. The first-order valence-corrected chi connectivity index (χ1v) is 18.1. The normalized spacial score (nSPS) is 16.0. The van der Waals surface area contributed by atoms with E-state index in [0.717, 1.165) is 0 Å². The number of nitrogens with zero attached hydrogens (tertiary/aromatic N) is 2. The van der Waals surface area contributed by atoms with Crippen LogP contribution in [0, 0.1) is 0 Å². The maximum absolute atomic E-state index is 10.1. The molecule has 0 aliphatic heterocycles. The number of furan rings is 1. The van der Waals surface area contributed by atoms with Crippen molar-refractivity contribution in [2.75, 3.05) is 0 Å². The first-order chi connectivity index (χ1) is 35.4. The summed E-state index contributed by atoms with van der Waals surface area (Å²) in [5.41, 5.74) is 1.08. The summed E-state index contributed by atoms with van der Waals surface area (Å²) in [7, 11) is 0. The highest BCUT2D eigenvalue weighted by atomic mass is 16.3. The minimum Gasteiger partial charge on any atom is -0.455 e. The Balaban J connectivity index is 1.25. The van der Waals surface area contributed by atoms with Gasteiger partial charge in [-0.25, -0.2) is 0 Å². The van der Waals surface area contributed by atoms with Crippen LogP contribution in [-0.2, 0) is 0 Å². The van der Waals surface area contributed by atoms with Gasteiger partial charge in [-0.2, -0.15) is 0 Å². The van der Waals surface area contributed by atoms with Crippen molar-refractivity contribution in [3.63, 3.8) is 0 Å². The molecule has 0 N–H and O–H groups in total. The molecule has 12 rings (SSSR count). The summed E-state index contributed by atoms with van der Waals surface area (Å²) in [5, 5.41) is -0.263. The molecule has 0 saturated heterocycles. The van der Waals surface area contributed by atoms with E-state index in [-0.39, 0.29) is 78.4 Å². The molecule has 0 bridgehead atoms. The van der Waals surface area contributed by atoms with Crippen molar-refractivity contribution in [2.45, 2.75) is 0 Å². The summed E-state index contributed by atoms with van der Waals surface area (Å²) in [5.74, 6) is 0. The monoisotopic (exact) mass is 743 g/mol. The summed E-state index contributed by atoms with van der Waals surface area (Å²) in [6.45, 7) is 0. The molecule has 0 amide bonds. The highest BCUT2D eigenvalue weighted by Crippen LogP contribution is 2.44. The second-order valence-corrected chi connectivity index (χ2v) is 13.5. The minimum atomic E-state index is -0.729. The Hall–Kier alpha value is -7.62. The van der Waals surface area contributed by atoms with Crippen LogP contribution in [0.15, 0.2) is 210 Å². The average molecular weight is 744 g/mol. The zero-order valence-corrected chi connectivity index (χ0v) is 29.6. The lowest BCUT2D eigenvalue weighted by atomic mass is 9.99. The van der Waals surface area contributed by atoms with Crippen LogP contribution >= 0.6 is 0 Å². The molecule has 9 aromatic carbocycles. The van der Waals surface area contributed by atoms with Gasteiger partial charge < -0.3 is 13.6 Å². The molecule has 3 nitrogen and oxygen atoms in total. The Morgan fingerprint density at radius 2 is 0.965 bits per heavy atom. The van der Waals surface area contributed by atoms with Gasteiger partial charge in [0.2, 0.25) is 0 Å². The van der Waals surface area contributed by atoms with Crippen LogP contribution in [0.2, 0.25) is 0 Å². The van der Waals surface area contributed by atoms with Crippen molar-refractivity contribution in [1.82, 2.24) is 9.13 Å². The molecular weight excluding hydrogens is 693 g/mol. The second-order valence-electron chi connectivity index (χ2n) is 13.5. The van der Waals surface area contributed by atoms with Gasteiger partial charge in [-0.1, -0.05) is 145 Å². The largest absolute Gasteiger partial charge is 0.455 e. The molecule has 12 aromatic rings. The molecular formula is C54H34N2O. The molecule has 57 heavy (non-hydrogen) atoms. The van der Waals surface area contributed by atoms with Gasteiger partial charge in [-0.3, -0.25) is 0 Å². The SMILES string of the molecule is [2H]c1ccc(-c2ccccc2-n2c3c([2H])c([2H])c([2H])c([2H])c3c3c([2H])c(-c4c([2H])c([2H])c5c(c4[2H])c4c([2H])c([2H])c([2H])c([2H])c4n5-c4cc([2H])c5c(oc6cccc([2H])c65)c4-c4ccccc4)c([2H])c([2H])c32)cc1. The minimum absolute atomic E-state index is 0.0828. The van der Waals surface area contributed by atoms with E-state index in [1.54, 1.807) is 97.1 Å². The van der Waals surface area contributed by atoms with Crippen LogP contribution in [0.3, 0.4) is 0 Å². The summed E-state index contributed by atoms with van der Waals surface area (Å²) in [4.78, 5) is 0. The molecule has 0 radical (unpaired) electrons. The van der Waals surface area contributed by atoms with E-state index in [4.69, 9.17) is 12.6 Å². The molecule has 0 aliphatic rings. The highest BCUT2D eigenvalue weighted by molar-refractivity contribution is 6.15. The first-order valence-electron chi connectivity index (χ1n) is 26.6. The predicted octanol–water partition coefficient (Wildman–Crippen LogP) is 14.8. The molecule has 3 heteroatoms. The van der Waals surface area contributed by atoms with Gasteiger partial charge in [-0.15, -0.1) is 0 Å². The summed E-state index contributed by atoms with van der Waals surface area (Å²) in [6.07, 6.45) is 0. The molecule has 0 spiro atoms. The second kappa shape index (κ2) is 12.5. The fraction of sp³-hybridized carbons (Fsp3) is 0. The molecule has 0 saturated carbocycles. The first kappa shape index (κ1) is 19.3. The third kappa shape index (κ3) is 4.79. The summed E-state index contributed by atoms with van der Waals surface area (Å²) >= 11 is 0. The fourth-order valence-corrected chi connectivity index (χ4v) is 7.92. The van der Waals surface area contributed by atoms with E-state index in [2.05, 4.69) is 0 Å². The maximum atomic E-state index is 10.1. The lowest BCUT2D eigenvalue weighted by Gasteiger charge is -2.15. The third-order valence-corrected chi connectivity index (χ3v) is 10.4. The number of aromatic nitrogens is 2. The summed E-state index contributed by atoms with van der Waals surface area (Å²) < 4.78 is 167. The van der Waals surface area contributed by atoms with Crippen molar-refractivity contribution in [2.24, 2.45) is 0 Å². The van der Waals surface area contributed by atoms with Crippen molar-refractivity contribution >= 4 is 65.6 Å². The van der Waals surface area contributed by atoms with Crippen molar-refractivity contribution < 1.29 is 27.7 Å². The number of hydrogen-bond donors (Lipinski definition) is 0. The van der Waals surface area contributed by atoms with Crippen LogP contribution in [0.5, 0.6) is 0 Å². The van der Waals surface area contributed by atoms with Crippen LogP contribution in [0.1, 0.15) is 23.3 Å². The Morgan fingerprint density at radius 3 is 1.68 bits per heavy atom. The summed E-state index contributed by atoms with van der Waals surface area (Å²) in [6, 6.07) is 20.0. The van der Waals surface area contributed by atoms with Crippen LogP contribution in [0.4, 0.5) is 0 Å². The quantitative estimate of drug-likeness (QED) is 0.172.